The summed E-state index contributed by atoms with van der Waals surface area (Å²) in [4.78, 5) is 27.5. The molecule has 5 nitrogen and oxygen atoms in total. The molecule has 0 spiro atoms. The summed E-state index contributed by atoms with van der Waals surface area (Å²) >= 11 is 0. The quantitative estimate of drug-likeness (QED) is 0.630. The molecule has 2 aromatic rings. The van der Waals surface area contributed by atoms with E-state index in [1.54, 1.807) is 4.90 Å². The van der Waals surface area contributed by atoms with Crippen molar-refractivity contribution >= 4 is 11.8 Å². The Balaban J connectivity index is 2.22. The third kappa shape index (κ3) is 6.34. The number of likely N-dealkylation sites (N-methyl/N-ethyl adjacent to an activating group) is 1. The van der Waals surface area contributed by atoms with E-state index in [4.69, 9.17) is 4.74 Å². The van der Waals surface area contributed by atoms with Crippen LogP contribution in [0.25, 0.3) is 0 Å². The van der Waals surface area contributed by atoms with Gasteiger partial charge in [-0.3, -0.25) is 9.59 Å². The molecule has 2 amide bonds. The van der Waals surface area contributed by atoms with Gasteiger partial charge in [-0.1, -0.05) is 68.8 Å². The van der Waals surface area contributed by atoms with Crippen LogP contribution in [0, 0.1) is 6.92 Å². The molecule has 0 aliphatic carbocycles. The minimum atomic E-state index is -0.539. The average Bonchev–Trinajstić information content (AvgIpc) is 2.73. The first-order valence-corrected chi connectivity index (χ1v) is 10.7. The van der Waals surface area contributed by atoms with E-state index in [2.05, 4.69) is 19.2 Å². The molecule has 0 aliphatic heterocycles. The number of hydrogen-bond donors (Lipinski definition) is 1. The molecule has 30 heavy (non-hydrogen) atoms. The lowest BCUT2D eigenvalue weighted by Gasteiger charge is -2.30. The molecule has 0 aromatic heterocycles. The molecule has 0 radical (unpaired) electrons. The van der Waals surface area contributed by atoms with Crippen LogP contribution in [0.3, 0.4) is 0 Å². The van der Waals surface area contributed by atoms with Crippen molar-refractivity contribution in [2.24, 2.45) is 0 Å². The van der Waals surface area contributed by atoms with Gasteiger partial charge in [0.1, 0.15) is 11.8 Å². The van der Waals surface area contributed by atoms with Gasteiger partial charge in [0.25, 0.3) is 5.91 Å². The van der Waals surface area contributed by atoms with Gasteiger partial charge in [0.2, 0.25) is 5.91 Å². The third-order valence-corrected chi connectivity index (χ3v) is 5.10. The molecule has 0 fully saturated rings. The number of aryl methyl sites for hydroxylation is 1. The van der Waals surface area contributed by atoms with Crippen LogP contribution in [0.4, 0.5) is 0 Å². The second kappa shape index (κ2) is 11.4. The molecule has 162 valence electrons. The van der Waals surface area contributed by atoms with E-state index in [9.17, 15) is 9.59 Å². The van der Waals surface area contributed by atoms with Crippen LogP contribution in [-0.4, -0.2) is 35.9 Å². The molecule has 1 N–H and O–H groups in total. The summed E-state index contributed by atoms with van der Waals surface area (Å²) in [5.41, 5.74) is 3.20. The third-order valence-electron chi connectivity index (χ3n) is 5.10. The Morgan fingerprint density at radius 1 is 1.03 bits per heavy atom. The zero-order valence-electron chi connectivity index (χ0n) is 18.8. The summed E-state index contributed by atoms with van der Waals surface area (Å²) in [6, 6.07) is 15.2. The van der Waals surface area contributed by atoms with E-state index in [1.165, 1.54) is 0 Å². The highest BCUT2D eigenvalue weighted by Crippen LogP contribution is 2.26. The summed E-state index contributed by atoms with van der Waals surface area (Å²) in [6.07, 6.45) is 0.534. The second-order valence-corrected chi connectivity index (χ2v) is 7.81. The van der Waals surface area contributed by atoms with Gasteiger partial charge in [0, 0.05) is 13.1 Å². The lowest BCUT2D eigenvalue weighted by molar-refractivity contribution is -0.142. The van der Waals surface area contributed by atoms with Crippen molar-refractivity contribution in [1.29, 1.82) is 0 Å². The van der Waals surface area contributed by atoms with Crippen LogP contribution in [0.5, 0.6) is 5.75 Å². The molecule has 0 aliphatic rings. The highest BCUT2D eigenvalue weighted by molar-refractivity contribution is 5.88. The summed E-state index contributed by atoms with van der Waals surface area (Å²) in [7, 11) is 0. The summed E-state index contributed by atoms with van der Waals surface area (Å²) in [5, 5.41) is 2.85. The number of rotatable bonds is 10. The maximum Gasteiger partial charge on any atom is 0.261 e. The van der Waals surface area contributed by atoms with Crippen LogP contribution in [0.15, 0.2) is 48.5 Å². The predicted octanol–water partition coefficient (Wildman–Crippen LogP) is 4.44. The SMILES string of the molecule is CCNC(=O)[C@@H](CC)N(Cc1ccc(C)cc1)C(=O)COc1ccccc1C(C)C. The Morgan fingerprint density at radius 2 is 1.70 bits per heavy atom. The zero-order valence-corrected chi connectivity index (χ0v) is 18.8. The lowest BCUT2D eigenvalue weighted by atomic mass is 10.0. The Morgan fingerprint density at radius 3 is 2.30 bits per heavy atom. The first-order chi connectivity index (χ1) is 14.4. The van der Waals surface area contributed by atoms with E-state index in [0.717, 1.165) is 16.7 Å². The molecule has 0 bridgehead atoms. The average molecular weight is 411 g/mol. The minimum absolute atomic E-state index is 0.106. The van der Waals surface area contributed by atoms with Crippen LogP contribution in [-0.2, 0) is 16.1 Å². The fraction of sp³-hybridized carbons (Fsp3) is 0.440. The lowest BCUT2D eigenvalue weighted by Crippen LogP contribution is -2.50. The number of para-hydroxylation sites is 1. The Kier molecular flexibility index (Phi) is 8.90. The molecule has 0 saturated carbocycles. The van der Waals surface area contributed by atoms with E-state index in [1.807, 2.05) is 69.3 Å². The van der Waals surface area contributed by atoms with Crippen LogP contribution in [0.2, 0.25) is 0 Å². The summed E-state index contributed by atoms with van der Waals surface area (Å²) in [6.45, 7) is 10.8. The predicted molar refractivity (Wildman–Crippen MR) is 121 cm³/mol. The number of hydrogen-bond acceptors (Lipinski definition) is 3. The van der Waals surface area contributed by atoms with Gasteiger partial charge in [-0.2, -0.15) is 0 Å². The smallest absolute Gasteiger partial charge is 0.261 e. The molecule has 0 unspecified atom stereocenters. The number of ether oxygens (including phenoxy) is 1. The van der Waals surface area contributed by atoms with Crippen molar-refractivity contribution in [2.75, 3.05) is 13.2 Å². The fourth-order valence-electron chi connectivity index (χ4n) is 3.41. The first kappa shape index (κ1) is 23.5. The standard InChI is InChI=1S/C25H34N2O3/c1-6-22(25(29)26-7-2)27(16-20-14-12-19(5)13-15-20)24(28)17-30-23-11-9-8-10-21(23)18(3)4/h8-15,18,22H,6-7,16-17H2,1-5H3,(H,26,29)/t22-/m1/s1. The maximum atomic E-state index is 13.2. The maximum absolute atomic E-state index is 13.2. The van der Waals surface area contributed by atoms with Crippen molar-refractivity contribution in [3.8, 4) is 5.75 Å². The monoisotopic (exact) mass is 410 g/mol. The summed E-state index contributed by atoms with van der Waals surface area (Å²) in [5.74, 6) is 0.663. The van der Waals surface area contributed by atoms with Crippen molar-refractivity contribution < 1.29 is 14.3 Å². The molecule has 2 rings (SSSR count). The zero-order chi connectivity index (χ0) is 22.1. The van der Waals surface area contributed by atoms with Gasteiger partial charge >= 0.3 is 0 Å². The minimum Gasteiger partial charge on any atom is -0.483 e. The number of nitrogens with one attached hydrogen (secondary N) is 1. The van der Waals surface area contributed by atoms with Crippen molar-refractivity contribution in [1.82, 2.24) is 10.2 Å². The molecule has 2 aromatic carbocycles. The van der Waals surface area contributed by atoms with Crippen molar-refractivity contribution in [3.05, 3.63) is 65.2 Å². The van der Waals surface area contributed by atoms with Gasteiger partial charge in [-0.25, -0.2) is 0 Å². The van der Waals surface area contributed by atoms with Gasteiger partial charge < -0.3 is 15.0 Å². The van der Waals surface area contributed by atoms with E-state index >= 15 is 0 Å². The molecular weight excluding hydrogens is 376 g/mol. The van der Waals surface area contributed by atoms with Gasteiger partial charge in [-0.15, -0.1) is 0 Å². The largest absolute Gasteiger partial charge is 0.483 e. The molecule has 5 heteroatoms. The Hall–Kier alpha value is -2.82. The molecule has 0 saturated heterocycles. The Labute approximate surface area is 180 Å². The highest BCUT2D eigenvalue weighted by atomic mass is 16.5. The molecule has 1 atom stereocenters. The van der Waals surface area contributed by atoms with Gasteiger partial charge in [0.05, 0.1) is 0 Å². The van der Waals surface area contributed by atoms with Crippen LogP contribution >= 0.6 is 0 Å². The van der Waals surface area contributed by atoms with Crippen LogP contribution in [0.1, 0.15) is 56.7 Å². The second-order valence-electron chi connectivity index (χ2n) is 7.81. The first-order valence-electron chi connectivity index (χ1n) is 10.7. The Bertz CT molecular complexity index is 831. The van der Waals surface area contributed by atoms with Crippen LogP contribution < -0.4 is 10.1 Å². The number of benzene rings is 2. The van der Waals surface area contributed by atoms with Gasteiger partial charge in [0.15, 0.2) is 6.61 Å². The highest BCUT2D eigenvalue weighted by Gasteiger charge is 2.28. The fourth-order valence-corrected chi connectivity index (χ4v) is 3.41. The normalized spacial score (nSPS) is 11.8. The van der Waals surface area contributed by atoms with E-state index < -0.39 is 6.04 Å². The van der Waals surface area contributed by atoms with Gasteiger partial charge in [-0.05, 0) is 43.4 Å². The van der Waals surface area contributed by atoms with E-state index in [-0.39, 0.29) is 18.4 Å². The number of amides is 2. The topological polar surface area (TPSA) is 58.6 Å². The summed E-state index contributed by atoms with van der Waals surface area (Å²) < 4.78 is 5.91. The number of nitrogens with zero attached hydrogens (tertiary/aromatic N) is 1. The van der Waals surface area contributed by atoms with Crippen molar-refractivity contribution in [3.63, 3.8) is 0 Å². The molecular formula is C25H34N2O3. The number of carbonyl (C=O) groups is 2. The van der Waals surface area contributed by atoms with Crippen molar-refractivity contribution in [2.45, 2.75) is 59.5 Å². The molecule has 0 heterocycles. The number of carbonyl (C=O) groups excluding carboxylic acids is 2. The van der Waals surface area contributed by atoms with E-state index in [0.29, 0.717) is 31.2 Å².